The second kappa shape index (κ2) is 6.40. The average Bonchev–Trinajstić information content (AvgIpc) is 2.00. The van der Waals surface area contributed by atoms with Crippen LogP contribution in [0.15, 0.2) is 0 Å². The molecule has 0 aliphatic carbocycles. The second-order valence-corrected chi connectivity index (χ2v) is 4.18. The third-order valence-corrected chi connectivity index (χ3v) is 1.78. The smallest absolute Gasteiger partial charge is 0.305 e. The van der Waals surface area contributed by atoms with Crippen molar-refractivity contribution < 1.29 is 14.7 Å². The van der Waals surface area contributed by atoms with Crippen LogP contribution in [0.2, 0.25) is 0 Å². The molecule has 88 valence electrons. The Morgan fingerprint density at radius 1 is 1.33 bits per heavy atom. The van der Waals surface area contributed by atoms with E-state index in [1.54, 1.807) is 13.8 Å². The normalized spacial score (nSPS) is 11.1. The minimum atomic E-state index is -0.915. The van der Waals surface area contributed by atoms with E-state index in [0.29, 0.717) is 0 Å². The standard InChI is InChI=1S/C10H20N2O3/c1-4-5-11-7-8(13)12-10(2,3)6-9(14)15/h11H,4-7H2,1-3H3,(H,12,13)(H,14,15). The molecule has 5 nitrogen and oxygen atoms in total. The summed E-state index contributed by atoms with van der Waals surface area (Å²) in [4.78, 5) is 21.8. The number of carbonyl (C=O) groups is 2. The third kappa shape index (κ3) is 7.93. The molecule has 15 heavy (non-hydrogen) atoms. The van der Waals surface area contributed by atoms with Crippen LogP contribution in [0.25, 0.3) is 0 Å². The Balaban J connectivity index is 3.88. The topological polar surface area (TPSA) is 78.4 Å². The van der Waals surface area contributed by atoms with Crippen LogP contribution >= 0.6 is 0 Å². The van der Waals surface area contributed by atoms with Gasteiger partial charge in [-0.25, -0.2) is 0 Å². The lowest BCUT2D eigenvalue weighted by molar-refractivity contribution is -0.138. The lowest BCUT2D eigenvalue weighted by atomic mass is 10.0. The predicted octanol–water partition coefficient (Wildman–Crippen LogP) is 0.355. The van der Waals surface area contributed by atoms with E-state index in [9.17, 15) is 9.59 Å². The second-order valence-electron chi connectivity index (χ2n) is 4.18. The van der Waals surface area contributed by atoms with Crippen LogP contribution in [0.3, 0.4) is 0 Å². The molecule has 0 bridgehead atoms. The summed E-state index contributed by atoms with van der Waals surface area (Å²) in [6, 6.07) is 0. The maximum absolute atomic E-state index is 11.3. The molecule has 0 saturated heterocycles. The molecule has 0 aromatic heterocycles. The molecule has 0 unspecified atom stereocenters. The van der Waals surface area contributed by atoms with Crippen LogP contribution in [-0.4, -0.2) is 35.6 Å². The molecule has 0 aliphatic rings. The predicted molar refractivity (Wildman–Crippen MR) is 57.6 cm³/mol. The number of nitrogens with one attached hydrogen (secondary N) is 2. The first-order valence-electron chi connectivity index (χ1n) is 5.11. The largest absolute Gasteiger partial charge is 0.481 e. The zero-order chi connectivity index (χ0) is 11.9. The molecule has 0 fully saturated rings. The lowest BCUT2D eigenvalue weighted by Gasteiger charge is -2.24. The molecule has 0 aromatic rings. The molecule has 0 atom stereocenters. The number of amides is 1. The maximum Gasteiger partial charge on any atom is 0.305 e. The van der Waals surface area contributed by atoms with Crippen LogP contribution in [0.5, 0.6) is 0 Å². The fourth-order valence-corrected chi connectivity index (χ4v) is 1.22. The number of carboxylic acid groups (broad SMARTS) is 1. The van der Waals surface area contributed by atoms with Gasteiger partial charge in [0.25, 0.3) is 0 Å². The zero-order valence-corrected chi connectivity index (χ0v) is 9.59. The van der Waals surface area contributed by atoms with Crippen LogP contribution < -0.4 is 10.6 Å². The minimum Gasteiger partial charge on any atom is -0.481 e. The highest BCUT2D eigenvalue weighted by Gasteiger charge is 2.23. The van der Waals surface area contributed by atoms with Gasteiger partial charge in [-0.05, 0) is 26.8 Å². The summed E-state index contributed by atoms with van der Waals surface area (Å²) in [5.41, 5.74) is -0.698. The minimum absolute atomic E-state index is 0.0769. The summed E-state index contributed by atoms with van der Waals surface area (Å²) >= 11 is 0. The van der Waals surface area contributed by atoms with E-state index in [1.165, 1.54) is 0 Å². The molecule has 3 N–H and O–H groups in total. The summed E-state index contributed by atoms with van der Waals surface area (Å²) in [7, 11) is 0. The van der Waals surface area contributed by atoms with E-state index in [4.69, 9.17) is 5.11 Å². The van der Waals surface area contributed by atoms with Gasteiger partial charge in [0, 0.05) is 5.54 Å². The van der Waals surface area contributed by atoms with Crippen molar-refractivity contribution in [1.29, 1.82) is 0 Å². The molecule has 0 radical (unpaired) electrons. The number of hydrogen-bond donors (Lipinski definition) is 3. The van der Waals surface area contributed by atoms with Crippen molar-refractivity contribution in [3.63, 3.8) is 0 Å². The van der Waals surface area contributed by atoms with Crippen molar-refractivity contribution in [3.8, 4) is 0 Å². The van der Waals surface area contributed by atoms with Crippen molar-refractivity contribution >= 4 is 11.9 Å². The van der Waals surface area contributed by atoms with Crippen LogP contribution in [-0.2, 0) is 9.59 Å². The molecule has 0 aromatic carbocycles. The van der Waals surface area contributed by atoms with E-state index < -0.39 is 11.5 Å². The Hall–Kier alpha value is -1.10. The number of carbonyl (C=O) groups excluding carboxylic acids is 1. The Labute approximate surface area is 90.2 Å². The van der Waals surface area contributed by atoms with Gasteiger partial charge in [0.05, 0.1) is 13.0 Å². The molecule has 5 heteroatoms. The zero-order valence-electron chi connectivity index (χ0n) is 9.59. The van der Waals surface area contributed by atoms with Crippen molar-refractivity contribution in [2.45, 2.75) is 39.2 Å². The summed E-state index contributed by atoms with van der Waals surface area (Å²) in [6.07, 6.45) is 0.887. The number of rotatable bonds is 7. The summed E-state index contributed by atoms with van der Waals surface area (Å²) in [5, 5.41) is 14.2. The van der Waals surface area contributed by atoms with Gasteiger partial charge in [0.2, 0.25) is 5.91 Å². The van der Waals surface area contributed by atoms with E-state index in [-0.39, 0.29) is 18.9 Å². The van der Waals surface area contributed by atoms with Gasteiger partial charge in [0.1, 0.15) is 0 Å². The molecule has 0 heterocycles. The molecule has 0 rings (SSSR count). The molecule has 0 spiro atoms. The highest BCUT2D eigenvalue weighted by molar-refractivity contribution is 5.79. The van der Waals surface area contributed by atoms with Crippen molar-refractivity contribution in [3.05, 3.63) is 0 Å². The highest BCUT2D eigenvalue weighted by atomic mass is 16.4. The Morgan fingerprint density at radius 2 is 1.93 bits per heavy atom. The van der Waals surface area contributed by atoms with Gasteiger partial charge in [-0.3, -0.25) is 9.59 Å². The molecule has 1 amide bonds. The summed E-state index contributed by atoms with van der Waals surface area (Å²) < 4.78 is 0. The van der Waals surface area contributed by atoms with Gasteiger partial charge in [-0.2, -0.15) is 0 Å². The van der Waals surface area contributed by atoms with Gasteiger partial charge in [-0.15, -0.1) is 0 Å². The van der Waals surface area contributed by atoms with E-state index in [0.717, 1.165) is 13.0 Å². The maximum atomic E-state index is 11.3. The Kier molecular flexibility index (Phi) is 5.93. The van der Waals surface area contributed by atoms with Crippen LogP contribution in [0.4, 0.5) is 0 Å². The number of hydrogen-bond acceptors (Lipinski definition) is 3. The first-order chi connectivity index (χ1) is 6.87. The van der Waals surface area contributed by atoms with Gasteiger partial charge >= 0.3 is 5.97 Å². The van der Waals surface area contributed by atoms with Crippen molar-refractivity contribution in [1.82, 2.24) is 10.6 Å². The highest BCUT2D eigenvalue weighted by Crippen LogP contribution is 2.07. The SMILES string of the molecule is CCCNCC(=O)NC(C)(C)CC(=O)O. The number of carboxylic acids is 1. The van der Waals surface area contributed by atoms with Crippen molar-refractivity contribution in [2.24, 2.45) is 0 Å². The monoisotopic (exact) mass is 216 g/mol. The third-order valence-electron chi connectivity index (χ3n) is 1.78. The van der Waals surface area contributed by atoms with Crippen LogP contribution in [0.1, 0.15) is 33.6 Å². The fourth-order valence-electron chi connectivity index (χ4n) is 1.22. The summed E-state index contributed by atoms with van der Waals surface area (Å²) in [5.74, 6) is -1.09. The molecule has 0 saturated carbocycles. The van der Waals surface area contributed by atoms with E-state index >= 15 is 0 Å². The fraction of sp³-hybridized carbons (Fsp3) is 0.800. The quantitative estimate of drug-likeness (QED) is 0.537. The van der Waals surface area contributed by atoms with Gasteiger partial charge < -0.3 is 15.7 Å². The molecular weight excluding hydrogens is 196 g/mol. The van der Waals surface area contributed by atoms with E-state index in [1.807, 2.05) is 6.92 Å². The van der Waals surface area contributed by atoms with Crippen LogP contribution in [0, 0.1) is 0 Å². The van der Waals surface area contributed by atoms with Gasteiger partial charge in [0.15, 0.2) is 0 Å². The first-order valence-corrected chi connectivity index (χ1v) is 5.11. The lowest BCUT2D eigenvalue weighted by Crippen LogP contribution is -2.48. The Bertz CT molecular complexity index is 227. The van der Waals surface area contributed by atoms with E-state index in [2.05, 4.69) is 10.6 Å². The molecule has 0 aliphatic heterocycles. The van der Waals surface area contributed by atoms with Crippen molar-refractivity contribution in [2.75, 3.05) is 13.1 Å². The number of aliphatic carboxylic acids is 1. The first kappa shape index (κ1) is 13.9. The van der Waals surface area contributed by atoms with Gasteiger partial charge in [-0.1, -0.05) is 6.92 Å². The summed E-state index contributed by atoms with van der Waals surface area (Å²) in [6.45, 7) is 6.42. The molecular formula is C10H20N2O3. The average molecular weight is 216 g/mol. The Morgan fingerprint density at radius 3 is 2.40 bits per heavy atom.